The van der Waals surface area contributed by atoms with Crippen molar-refractivity contribution in [3.63, 3.8) is 0 Å². The Labute approximate surface area is 87.7 Å². The van der Waals surface area contributed by atoms with E-state index in [2.05, 4.69) is 37.6 Å². The third-order valence-corrected chi connectivity index (χ3v) is 3.26. The zero-order valence-corrected chi connectivity index (χ0v) is 9.90. The van der Waals surface area contributed by atoms with Gasteiger partial charge in [-0.2, -0.15) is 0 Å². The highest BCUT2D eigenvalue weighted by Gasteiger charge is 2.22. The molecule has 1 N–H and O–H groups in total. The van der Waals surface area contributed by atoms with Gasteiger partial charge in [0, 0.05) is 32.2 Å². The van der Waals surface area contributed by atoms with Crippen molar-refractivity contribution >= 4 is 0 Å². The molecule has 0 bridgehead atoms. The summed E-state index contributed by atoms with van der Waals surface area (Å²) in [7, 11) is 2.17. The summed E-state index contributed by atoms with van der Waals surface area (Å²) in [6.07, 6.45) is -0.175. The Morgan fingerprint density at radius 2 is 2.00 bits per heavy atom. The van der Waals surface area contributed by atoms with Crippen LogP contribution in [0, 0.1) is 5.92 Å². The third-order valence-electron chi connectivity index (χ3n) is 3.26. The topological polar surface area (TPSA) is 26.7 Å². The van der Waals surface area contributed by atoms with Gasteiger partial charge in [-0.25, -0.2) is 0 Å². The van der Waals surface area contributed by atoms with E-state index in [9.17, 15) is 5.11 Å². The first-order valence-electron chi connectivity index (χ1n) is 5.61. The molecule has 0 radical (unpaired) electrons. The van der Waals surface area contributed by atoms with Crippen LogP contribution in [0.4, 0.5) is 0 Å². The third kappa shape index (κ3) is 3.23. The van der Waals surface area contributed by atoms with Gasteiger partial charge in [0.1, 0.15) is 0 Å². The first kappa shape index (κ1) is 12.0. The molecule has 2 unspecified atom stereocenters. The zero-order chi connectivity index (χ0) is 10.7. The summed E-state index contributed by atoms with van der Waals surface area (Å²) in [4.78, 5) is 4.74. The van der Waals surface area contributed by atoms with Gasteiger partial charge in [0.25, 0.3) is 0 Å². The number of aliphatic hydroxyl groups is 1. The van der Waals surface area contributed by atoms with Crippen LogP contribution in [0.2, 0.25) is 0 Å². The van der Waals surface area contributed by atoms with Crippen LogP contribution < -0.4 is 0 Å². The first-order valence-corrected chi connectivity index (χ1v) is 5.61. The van der Waals surface area contributed by atoms with E-state index in [1.807, 2.05) is 0 Å². The molecule has 0 spiro atoms. The van der Waals surface area contributed by atoms with E-state index < -0.39 is 0 Å². The molecule has 0 aromatic heterocycles. The van der Waals surface area contributed by atoms with Gasteiger partial charge in [0.15, 0.2) is 0 Å². The Kier molecular flexibility index (Phi) is 4.35. The van der Waals surface area contributed by atoms with Crippen molar-refractivity contribution < 1.29 is 5.11 Å². The fourth-order valence-electron chi connectivity index (χ4n) is 1.77. The first-order chi connectivity index (χ1) is 6.50. The molecule has 3 nitrogen and oxygen atoms in total. The maximum Gasteiger partial charge on any atom is 0.0689 e. The fourth-order valence-corrected chi connectivity index (χ4v) is 1.77. The van der Waals surface area contributed by atoms with Gasteiger partial charge in [-0.3, -0.25) is 4.90 Å². The monoisotopic (exact) mass is 200 g/mol. The van der Waals surface area contributed by atoms with Crippen molar-refractivity contribution in [2.75, 3.05) is 33.2 Å². The molecule has 0 amide bonds. The zero-order valence-electron chi connectivity index (χ0n) is 9.90. The van der Waals surface area contributed by atoms with Crippen molar-refractivity contribution in [1.29, 1.82) is 0 Å². The summed E-state index contributed by atoms with van der Waals surface area (Å²) in [5, 5.41) is 9.78. The summed E-state index contributed by atoms with van der Waals surface area (Å²) in [5.41, 5.74) is 0. The number of rotatable bonds is 3. The average molecular weight is 200 g/mol. The summed E-state index contributed by atoms with van der Waals surface area (Å²) in [6, 6.07) is 0.614. The fraction of sp³-hybridized carbons (Fsp3) is 1.00. The van der Waals surface area contributed by atoms with Gasteiger partial charge < -0.3 is 10.0 Å². The van der Waals surface area contributed by atoms with Crippen LogP contribution in [-0.4, -0.2) is 60.3 Å². The van der Waals surface area contributed by atoms with E-state index in [-0.39, 0.29) is 6.10 Å². The number of piperazine rings is 1. The molecule has 0 aromatic carbocycles. The second-order valence-corrected chi connectivity index (χ2v) is 4.90. The van der Waals surface area contributed by atoms with Crippen LogP contribution in [0.15, 0.2) is 0 Å². The van der Waals surface area contributed by atoms with Crippen LogP contribution in [0.5, 0.6) is 0 Å². The lowest BCUT2D eigenvalue weighted by molar-refractivity contribution is 0.0381. The Bertz CT molecular complexity index is 173. The molecule has 1 aliphatic heterocycles. The van der Waals surface area contributed by atoms with Crippen molar-refractivity contribution in [2.45, 2.75) is 32.9 Å². The number of β-amino-alcohol motifs (C(OH)–C–C–N with tert-alkyl or cyclic N) is 1. The largest absolute Gasteiger partial charge is 0.392 e. The molecule has 1 fully saturated rings. The van der Waals surface area contributed by atoms with Crippen molar-refractivity contribution in [3.05, 3.63) is 0 Å². The van der Waals surface area contributed by atoms with Gasteiger partial charge >= 0.3 is 0 Å². The molecule has 1 rings (SSSR count). The molecular weight excluding hydrogens is 176 g/mol. The molecule has 3 heteroatoms. The molecule has 0 aliphatic carbocycles. The Balaban J connectivity index is 2.33. The Morgan fingerprint density at radius 1 is 1.36 bits per heavy atom. The SMILES string of the molecule is CC(C)C(O)CN1CCN(C)C(C)C1. The molecule has 1 saturated heterocycles. The average Bonchev–Trinajstić information content (AvgIpc) is 2.11. The number of aliphatic hydroxyl groups excluding tert-OH is 1. The van der Waals surface area contributed by atoms with Crippen molar-refractivity contribution in [1.82, 2.24) is 9.80 Å². The minimum atomic E-state index is -0.175. The van der Waals surface area contributed by atoms with Crippen LogP contribution in [0.1, 0.15) is 20.8 Å². The summed E-state index contributed by atoms with van der Waals surface area (Å²) in [6.45, 7) is 10.5. The van der Waals surface area contributed by atoms with E-state index in [4.69, 9.17) is 0 Å². The quantitative estimate of drug-likeness (QED) is 0.724. The highest BCUT2D eigenvalue weighted by molar-refractivity contribution is 4.78. The second-order valence-electron chi connectivity index (χ2n) is 4.90. The number of hydrogen-bond donors (Lipinski definition) is 1. The Hall–Kier alpha value is -0.120. The molecule has 0 saturated carbocycles. The van der Waals surface area contributed by atoms with Gasteiger partial charge in [-0.15, -0.1) is 0 Å². The van der Waals surface area contributed by atoms with E-state index in [1.54, 1.807) is 0 Å². The predicted molar refractivity (Wildman–Crippen MR) is 59.4 cm³/mol. The summed E-state index contributed by atoms with van der Waals surface area (Å²) >= 11 is 0. The standard InChI is InChI=1S/C11H24N2O/c1-9(2)11(14)8-13-6-5-12(4)10(3)7-13/h9-11,14H,5-8H2,1-4H3. The van der Waals surface area contributed by atoms with Crippen LogP contribution >= 0.6 is 0 Å². The maximum absolute atomic E-state index is 9.78. The van der Waals surface area contributed by atoms with Crippen LogP contribution in [-0.2, 0) is 0 Å². The van der Waals surface area contributed by atoms with Crippen molar-refractivity contribution in [3.8, 4) is 0 Å². The molecule has 1 aliphatic rings. The Morgan fingerprint density at radius 3 is 2.50 bits per heavy atom. The second kappa shape index (κ2) is 5.10. The highest BCUT2D eigenvalue weighted by Crippen LogP contribution is 2.10. The molecule has 1 heterocycles. The normalized spacial score (nSPS) is 28.3. The van der Waals surface area contributed by atoms with Gasteiger partial charge in [0.2, 0.25) is 0 Å². The summed E-state index contributed by atoms with van der Waals surface area (Å²) in [5.74, 6) is 0.366. The molecule has 84 valence electrons. The lowest BCUT2D eigenvalue weighted by Gasteiger charge is -2.38. The van der Waals surface area contributed by atoms with E-state index in [1.165, 1.54) is 0 Å². The molecule has 14 heavy (non-hydrogen) atoms. The number of likely N-dealkylation sites (N-methyl/N-ethyl adjacent to an activating group) is 1. The highest BCUT2D eigenvalue weighted by atomic mass is 16.3. The molecular formula is C11H24N2O. The predicted octanol–water partition coefficient (Wildman–Crippen LogP) is 0.639. The van der Waals surface area contributed by atoms with E-state index >= 15 is 0 Å². The minimum Gasteiger partial charge on any atom is -0.392 e. The molecule has 0 aromatic rings. The van der Waals surface area contributed by atoms with E-state index in [0.29, 0.717) is 12.0 Å². The number of hydrogen-bond acceptors (Lipinski definition) is 3. The maximum atomic E-state index is 9.78. The van der Waals surface area contributed by atoms with Crippen LogP contribution in [0.3, 0.4) is 0 Å². The van der Waals surface area contributed by atoms with Crippen LogP contribution in [0.25, 0.3) is 0 Å². The smallest absolute Gasteiger partial charge is 0.0689 e. The number of nitrogens with zero attached hydrogens (tertiary/aromatic N) is 2. The lowest BCUT2D eigenvalue weighted by atomic mass is 10.1. The van der Waals surface area contributed by atoms with E-state index in [0.717, 1.165) is 26.2 Å². The van der Waals surface area contributed by atoms with Gasteiger partial charge in [-0.05, 0) is 19.9 Å². The van der Waals surface area contributed by atoms with Gasteiger partial charge in [-0.1, -0.05) is 13.8 Å². The minimum absolute atomic E-state index is 0.175. The van der Waals surface area contributed by atoms with Crippen molar-refractivity contribution in [2.24, 2.45) is 5.92 Å². The lowest BCUT2D eigenvalue weighted by Crippen LogP contribution is -2.52. The molecule has 2 atom stereocenters. The summed E-state index contributed by atoms with van der Waals surface area (Å²) < 4.78 is 0. The van der Waals surface area contributed by atoms with Gasteiger partial charge in [0.05, 0.1) is 6.10 Å².